The van der Waals surface area contributed by atoms with Gasteiger partial charge >= 0.3 is 12.2 Å². The molecule has 2 saturated heterocycles. The number of aromatic nitrogens is 3. The molecule has 1 unspecified atom stereocenters. The van der Waals surface area contributed by atoms with E-state index in [1.165, 1.54) is 20.0 Å². The number of ether oxygens (including phenoxy) is 2. The molecule has 13 heteroatoms. The second-order valence-electron chi connectivity index (χ2n) is 11.7. The monoisotopic (exact) mass is 613 g/mol. The first-order valence-electron chi connectivity index (χ1n) is 14.4. The Hall–Kier alpha value is -4.06. The summed E-state index contributed by atoms with van der Waals surface area (Å²) in [5.74, 6) is 0.804. The Labute approximate surface area is 256 Å². The molecule has 43 heavy (non-hydrogen) atoms. The predicted molar refractivity (Wildman–Crippen MR) is 165 cm³/mol. The molecule has 3 aromatic rings. The summed E-state index contributed by atoms with van der Waals surface area (Å²) in [5, 5.41) is 7.86. The van der Waals surface area contributed by atoms with Crippen LogP contribution in [0.1, 0.15) is 80.5 Å². The van der Waals surface area contributed by atoms with Crippen molar-refractivity contribution in [3.63, 3.8) is 0 Å². The normalized spacial score (nSPS) is 16.8. The lowest BCUT2D eigenvalue weighted by Gasteiger charge is -2.35. The number of likely N-dealkylation sites (tertiary alicyclic amines) is 1. The molecule has 2 aliphatic rings. The fraction of sp³-hybridized carbons (Fsp3) is 0.500. The first-order valence-corrected chi connectivity index (χ1v) is 14.8. The average molecular weight is 614 g/mol. The number of rotatable bonds is 4. The Kier molecular flexibility index (Phi) is 10.0. The van der Waals surface area contributed by atoms with Crippen LogP contribution >= 0.6 is 11.6 Å². The van der Waals surface area contributed by atoms with Crippen LogP contribution in [-0.4, -0.2) is 69.9 Å². The molecule has 12 nitrogen and oxygen atoms in total. The molecular formula is C30H40ClN7O5. The van der Waals surface area contributed by atoms with Gasteiger partial charge in [0.15, 0.2) is 5.65 Å². The number of carbonyl (C=O) groups is 3. The lowest BCUT2D eigenvalue weighted by Crippen LogP contribution is -2.39. The third-order valence-electron chi connectivity index (χ3n) is 7.18. The van der Waals surface area contributed by atoms with E-state index >= 15 is 0 Å². The van der Waals surface area contributed by atoms with Gasteiger partial charge in [0.1, 0.15) is 11.4 Å². The van der Waals surface area contributed by atoms with Crippen molar-refractivity contribution in [1.82, 2.24) is 19.5 Å². The van der Waals surface area contributed by atoms with E-state index in [-0.39, 0.29) is 11.9 Å². The maximum atomic E-state index is 13.7. The van der Waals surface area contributed by atoms with Crippen LogP contribution in [0.25, 0.3) is 5.65 Å². The summed E-state index contributed by atoms with van der Waals surface area (Å²) in [7, 11) is 1.28. The Bertz CT molecular complexity index is 1480. The van der Waals surface area contributed by atoms with Gasteiger partial charge in [0.2, 0.25) is 0 Å². The molecule has 232 valence electrons. The Morgan fingerprint density at radius 2 is 1.77 bits per heavy atom. The molecule has 5 rings (SSSR count). The van der Waals surface area contributed by atoms with E-state index in [1.54, 1.807) is 39.0 Å². The second-order valence-corrected chi connectivity index (χ2v) is 12.1. The maximum Gasteiger partial charge on any atom is 0.411 e. The Morgan fingerprint density at radius 3 is 2.40 bits per heavy atom. The van der Waals surface area contributed by atoms with E-state index in [9.17, 15) is 14.4 Å². The van der Waals surface area contributed by atoms with Crippen LogP contribution in [0.15, 0.2) is 30.5 Å². The molecule has 4 heterocycles. The van der Waals surface area contributed by atoms with E-state index < -0.39 is 17.8 Å². The zero-order valence-corrected chi connectivity index (χ0v) is 26.1. The van der Waals surface area contributed by atoms with Gasteiger partial charge in [-0.1, -0.05) is 11.6 Å². The molecular weight excluding hydrogens is 574 g/mol. The zero-order chi connectivity index (χ0) is 31.3. The smallest absolute Gasteiger partial charge is 0.411 e. The number of hydrogen-bond acceptors (Lipinski definition) is 8. The summed E-state index contributed by atoms with van der Waals surface area (Å²) >= 11 is 6.22. The van der Waals surface area contributed by atoms with Gasteiger partial charge in [0.25, 0.3) is 5.91 Å². The van der Waals surface area contributed by atoms with Crippen molar-refractivity contribution in [3.8, 4) is 0 Å². The number of fused-ring (bicyclic) bond motifs is 1. The highest BCUT2D eigenvalue weighted by Crippen LogP contribution is 2.34. The van der Waals surface area contributed by atoms with Gasteiger partial charge in [-0.3, -0.25) is 10.1 Å². The predicted octanol–water partition coefficient (Wildman–Crippen LogP) is 5.72. The van der Waals surface area contributed by atoms with Crippen molar-refractivity contribution >= 4 is 46.8 Å². The van der Waals surface area contributed by atoms with Gasteiger partial charge in [0, 0.05) is 42.5 Å². The van der Waals surface area contributed by atoms with Crippen molar-refractivity contribution in [2.45, 2.75) is 71.4 Å². The number of benzene rings is 1. The minimum atomic E-state index is -0.725. The number of nitrogens with one attached hydrogen (secondary N) is 1. The number of piperidine rings is 1. The van der Waals surface area contributed by atoms with Crippen molar-refractivity contribution in [1.29, 1.82) is 0 Å². The lowest BCUT2D eigenvalue weighted by molar-refractivity contribution is 0.0593. The fourth-order valence-corrected chi connectivity index (χ4v) is 5.51. The molecule has 2 aromatic heterocycles. The number of hydrogen-bond donors (Lipinski definition) is 2. The molecule has 3 N–H and O–H groups in total. The Morgan fingerprint density at radius 1 is 1.07 bits per heavy atom. The van der Waals surface area contributed by atoms with Crippen LogP contribution in [-0.2, 0) is 9.47 Å². The highest BCUT2D eigenvalue weighted by atomic mass is 35.5. The van der Waals surface area contributed by atoms with Crippen molar-refractivity contribution in [3.05, 3.63) is 52.3 Å². The summed E-state index contributed by atoms with van der Waals surface area (Å²) in [6.07, 6.45) is 5.71. The largest absolute Gasteiger partial charge is 0.453 e. The molecule has 0 aliphatic carbocycles. The number of methoxy groups -OCH3 is 1. The zero-order valence-electron chi connectivity index (χ0n) is 25.4. The van der Waals surface area contributed by atoms with E-state index in [0.29, 0.717) is 22.8 Å². The third kappa shape index (κ3) is 8.07. The topological polar surface area (TPSA) is 144 Å². The van der Waals surface area contributed by atoms with Crippen LogP contribution in [0.3, 0.4) is 0 Å². The van der Waals surface area contributed by atoms with Gasteiger partial charge in [-0.2, -0.15) is 5.10 Å². The van der Waals surface area contributed by atoms with Crippen LogP contribution in [0.2, 0.25) is 5.02 Å². The molecule has 2 fully saturated rings. The van der Waals surface area contributed by atoms with Crippen LogP contribution in [0.5, 0.6) is 0 Å². The number of carbonyl (C=O) groups excluding carboxylic acids is 3. The van der Waals surface area contributed by atoms with Gasteiger partial charge in [-0.05, 0) is 78.0 Å². The summed E-state index contributed by atoms with van der Waals surface area (Å²) in [6, 6.07) is 6.62. The maximum absolute atomic E-state index is 13.7. The molecule has 0 saturated carbocycles. The highest BCUT2D eigenvalue weighted by Gasteiger charge is 2.32. The van der Waals surface area contributed by atoms with E-state index in [2.05, 4.69) is 21.9 Å². The summed E-state index contributed by atoms with van der Waals surface area (Å²) in [4.78, 5) is 44.7. The van der Waals surface area contributed by atoms with Gasteiger partial charge in [0.05, 0.1) is 30.1 Å². The number of halogens is 1. The van der Waals surface area contributed by atoms with Gasteiger partial charge < -0.3 is 25.0 Å². The SMILES string of the molecule is CC(C)(C)OC(N)=O.COC(=O)Nc1ccc(Cl)cc1C(=O)N1CCCCC1c1cc2nc(N3CCCC3)c(C)cn2n1. The highest BCUT2D eigenvalue weighted by molar-refractivity contribution is 6.31. The number of primary amides is 1. The summed E-state index contributed by atoms with van der Waals surface area (Å²) < 4.78 is 11.1. The second kappa shape index (κ2) is 13.5. The van der Waals surface area contributed by atoms with Gasteiger partial charge in [-0.15, -0.1) is 0 Å². The summed E-state index contributed by atoms with van der Waals surface area (Å²) in [5.41, 5.74) is 7.63. The standard InChI is InChI=1S/C25H29ClN6O3.C5H11NO2/c1-16-15-32-22(28-23(16)30-10-5-6-11-30)14-20(29-32)21-7-3-4-12-31(21)24(33)18-13-17(26)8-9-19(18)27-25(34)35-2;1-5(2,3)8-4(6)7/h8-9,13-15,21H,3-7,10-12H2,1-2H3,(H,27,34);1-3H3,(H2,6,7). The fourth-order valence-electron chi connectivity index (χ4n) is 5.33. The van der Waals surface area contributed by atoms with E-state index in [0.717, 1.165) is 55.1 Å². The van der Waals surface area contributed by atoms with Crippen LogP contribution in [0, 0.1) is 6.92 Å². The van der Waals surface area contributed by atoms with Crippen molar-refractivity contribution < 1.29 is 23.9 Å². The van der Waals surface area contributed by atoms with E-state index in [1.807, 2.05) is 21.7 Å². The molecule has 0 radical (unpaired) electrons. The molecule has 1 aromatic carbocycles. The quantitative estimate of drug-likeness (QED) is 0.380. The van der Waals surface area contributed by atoms with Crippen LogP contribution < -0.4 is 16.0 Å². The number of amides is 3. The molecule has 0 spiro atoms. The molecule has 2 aliphatic heterocycles. The number of anilines is 2. The van der Waals surface area contributed by atoms with Gasteiger partial charge in [-0.25, -0.2) is 19.1 Å². The summed E-state index contributed by atoms with van der Waals surface area (Å²) in [6.45, 7) is 9.99. The molecule has 1 atom stereocenters. The number of aryl methyl sites for hydroxylation is 1. The first-order chi connectivity index (χ1) is 20.4. The first kappa shape index (κ1) is 31.9. The number of nitrogens with zero attached hydrogens (tertiary/aromatic N) is 5. The lowest BCUT2D eigenvalue weighted by atomic mass is 9.98. The third-order valence-corrected chi connectivity index (χ3v) is 7.41. The average Bonchev–Trinajstić information content (AvgIpc) is 3.62. The Balaban J connectivity index is 0.000000467. The minimum Gasteiger partial charge on any atom is -0.453 e. The van der Waals surface area contributed by atoms with Crippen LogP contribution in [0.4, 0.5) is 21.1 Å². The van der Waals surface area contributed by atoms with Crippen molar-refractivity contribution in [2.24, 2.45) is 5.73 Å². The number of nitrogens with two attached hydrogens (primary N) is 1. The van der Waals surface area contributed by atoms with Crippen molar-refractivity contribution in [2.75, 3.05) is 37.0 Å². The van der Waals surface area contributed by atoms with E-state index in [4.69, 9.17) is 32.2 Å². The molecule has 3 amide bonds. The molecule has 0 bridgehead atoms. The minimum absolute atomic E-state index is 0.196.